The second kappa shape index (κ2) is 10.3. The van der Waals surface area contributed by atoms with Gasteiger partial charge in [0.1, 0.15) is 5.75 Å². The highest BCUT2D eigenvalue weighted by Gasteiger charge is 2.24. The van der Waals surface area contributed by atoms with Gasteiger partial charge in [0.2, 0.25) is 10.1 Å². The van der Waals surface area contributed by atoms with E-state index in [0.29, 0.717) is 16.4 Å². The Labute approximate surface area is 214 Å². The van der Waals surface area contributed by atoms with Crippen LogP contribution >= 0.6 is 22.9 Å². The van der Waals surface area contributed by atoms with Gasteiger partial charge in [-0.05, 0) is 44.2 Å². The molecule has 36 heavy (non-hydrogen) atoms. The number of amides is 2. The van der Waals surface area contributed by atoms with E-state index in [1.807, 2.05) is 0 Å². The molecule has 4 aromatic rings. The van der Waals surface area contributed by atoms with Crippen molar-refractivity contribution in [1.82, 2.24) is 20.2 Å². The van der Waals surface area contributed by atoms with Gasteiger partial charge in [0, 0.05) is 35.2 Å². The van der Waals surface area contributed by atoms with E-state index < -0.39 is 17.6 Å². The normalized spacial score (nSPS) is 10.7. The number of benzene rings is 1. The first kappa shape index (κ1) is 25.1. The van der Waals surface area contributed by atoms with Crippen molar-refractivity contribution < 1.29 is 18.7 Å². The van der Waals surface area contributed by atoms with Crippen molar-refractivity contribution in [1.29, 1.82) is 0 Å². The van der Waals surface area contributed by atoms with Crippen LogP contribution in [-0.4, -0.2) is 46.1 Å². The average molecular weight is 527 g/mol. The zero-order valence-corrected chi connectivity index (χ0v) is 21.2. The Bertz CT molecular complexity index is 1460. The molecular weight excluding hydrogens is 507 g/mol. The van der Waals surface area contributed by atoms with Crippen LogP contribution in [-0.2, 0) is 0 Å². The number of aryl methyl sites for hydroxylation is 2. The van der Waals surface area contributed by atoms with E-state index in [2.05, 4.69) is 25.5 Å². The summed E-state index contributed by atoms with van der Waals surface area (Å²) in [5, 5.41) is 11.2. The molecule has 3 heterocycles. The van der Waals surface area contributed by atoms with Gasteiger partial charge in [0.05, 0.1) is 30.1 Å². The van der Waals surface area contributed by atoms with E-state index >= 15 is 4.39 Å². The maximum absolute atomic E-state index is 15.1. The average Bonchev–Trinajstić information content (AvgIpc) is 3.33. The minimum atomic E-state index is -0.608. The SMILES string of the molecule is COc1cnc(C)c(F)c1-c1cc(C)ncc1C(=O)Nc1nnc(C(=O)N(C)c2ccc(Cl)cc2)s1. The lowest BCUT2D eigenvalue weighted by molar-refractivity contribution is 0.0990. The van der Waals surface area contributed by atoms with Crippen molar-refractivity contribution >= 4 is 45.6 Å². The maximum atomic E-state index is 15.1. The fourth-order valence-corrected chi connectivity index (χ4v) is 4.21. The van der Waals surface area contributed by atoms with Gasteiger partial charge in [-0.25, -0.2) is 4.39 Å². The van der Waals surface area contributed by atoms with Crippen LogP contribution in [0.1, 0.15) is 31.5 Å². The van der Waals surface area contributed by atoms with Crippen LogP contribution in [0.4, 0.5) is 15.2 Å². The van der Waals surface area contributed by atoms with Gasteiger partial charge in [0.25, 0.3) is 11.8 Å². The first-order valence-corrected chi connectivity index (χ1v) is 11.7. The molecule has 0 saturated carbocycles. The van der Waals surface area contributed by atoms with Crippen LogP contribution in [0.3, 0.4) is 0 Å². The first-order chi connectivity index (χ1) is 17.2. The third kappa shape index (κ3) is 5.02. The lowest BCUT2D eigenvalue weighted by Crippen LogP contribution is -2.26. The molecule has 4 rings (SSSR count). The molecule has 0 unspecified atom stereocenters. The van der Waals surface area contributed by atoms with Crippen LogP contribution in [0.5, 0.6) is 5.75 Å². The number of ether oxygens (including phenoxy) is 1. The Hall–Kier alpha value is -3.96. The standard InChI is InChI=1S/C24H20ClFN6O3S/c1-12-9-16(19-18(35-4)11-28-13(2)20(19)26)17(10-27-12)21(33)29-24-31-30-22(36-24)23(34)32(3)15-7-5-14(25)6-8-15/h5-11H,1-4H3,(H,29,31,33). The van der Waals surface area contributed by atoms with E-state index in [1.54, 1.807) is 44.3 Å². The second-order valence-corrected chi connectivity index (χ2v) is 9.09. The summed E-state index contributed by atoms with van der Waals surface area (Å²) in [5.41, 5.74) is 1.81. The summed E-state index contributed by atoms with van der Waals surface area (Å²) in [6.07, 6.45) is 2.74. The van der Waals surface area contributed by atoms with Crippen molar-refractivity contribution in [2.75, 3.05) is 24.4 Å². The van der Waals surface area contributed by atoms with Crippen LogP contribution in [0.25, 0.3) is 11.1 Å². The van der Waals surface area contributed by atoms with Crippen molar-refractivity contribution in [2.45, 2.75) is 13.8 Å². The second-order valence-electron chi connectivity index (χ2n) is 7.68. The predicted octanol–water partition coefficient (Wildman–Crippen LogP) is 4.94. The molecule has 3 aromatic heterocycles. The van der Waals surface area contributed by atoms with Crippen molar-refractivity contribution in [3.05, 3.63) is 75.5 Å². The number of nitrogens with zero attached hydrogens (tertiary/aromatic N) is 5. The minimum Gasteiger partial charge on any atom is -0.494 e. The largest absolute Gasteiger partial charge is 0.494 e. The number of anilines is 2. The lowest BCUT2D eigenvalue weighted by atomic mass is 9.99. The molecule has 0 saturated heterocycles. The summed E-state index contributed by atoms with van der Waals surface area (Å²) in [4.78, 5) is 35.6. The number of methoxy groups -OCH3 is 1. The van der Waals surface area contributed by atoms with E-state index in [4.69, 9.17) is 16.3 Å². The summed E-state index contributed by atoms with van der Waals surface area (Å²) in [6, 6.07) is 8.32. The van der Waals surface area contributed by atoms with E-state index in [0.717, 1.165) is 11.3 Å². The van der Waals surface area contributed by atoms with Crippen LogP contribution in [0.2, 0.25) is 5.02 Å². The van der Waals surface area contributed by atoms with Crippen LogP contribution in [0.15, 0.2) is 42.7 Å². The number of hydrogen-bond acceptors (Lipinski definition) is 8. The molecule has 0 fully saturated rings. The van der Waals surface area contributed by atoms with Gasteiger partial charge in [-0.15, -0.1) is 10.2 Å². The number of carbonyl (C=O) groups excluding carboxylic acids is 2. The fraction of sp³-hybridized carbons (Fsp3) is 0.167. The van der Waals surface area contributed by atoms with Gasteiger partial charge in [-0.2, -0.15) is 0 Å². The fourth-order valence-electron chi connectivity index (χ4n) is 3.37. The molecule has 1 aromatic carbocycles. The number of nitrogens with one attached hydrogen (secondary N) is 1. The number of carbonyl (C=O) groups is 2. The minimum absolute atomic E-state index is 0.0717. The number of aromatic nitrogens is 4. The quantitative estimate of drug-likeness (QED) is 0.379. The zero-order valence-electron chi connectivity index (χ0n) is 19.7. The molecule has 184 valence electrons. The molecule has 0 radical (unpaired) electrons. The highest BCUT2D eigenvalue weighted by Crippen LogP contribution is 2.36. The molecule has 2 amide bonds. The van der Waals surface area contributed by atoms with Gasteiger partial charge in [-0.1, -0.05) is 22.9 Å². The first-order valence-electron chi connectivity index (χ1n) is 10.5. The number of halogens is 2. The Morgan fingerprint density at radius 1 is 1.11 bits per heavy atom. The molecule has 0 aliphatic carbocycles. The Balaban J connectivity index is 1.62. The number of hydrogen-bond donors (Lipinski definition) is 1. The summed E-state index contributed by atoms with van der Waals surface area (Å²) in [5.74, 6) is -1.45. The van der Waals surface area contributed by atoms with Crippen molar-refractivity contribution in [2.24, 2.45) is 0 Å². The van der Waals surface area contributed by atoms with Gasteiger partial charge in [0.15, 0.2) is 5.82 Å². The van der Waals surface area contributed by atoms with E-state index in [-0.39, 0.29) is 38.3 Å². The lowest BCUT2D eigenvalue weighted by Gasteiger charge is -2.15. The van der Waals surface area contributed by atoms with Crippen molar-refractivity contribution in [3.8, 4) is 16.9 Å². The molecule has 0 atom stereocenters. The smallest absolute Gasteiger partial charge is 0.289 e. The molecule has 0 aliphatic heterocycles. The predicted molar refractivity (Wildman–Crippen MR) is 135 cm³/mol. The van der Waals surface area contributed by atoms with Crippen LogP contribution in [0, 0.1) is 19.7 Å². The number of pyridine rings is 2. The monoisotopic (exact) mass is 526 g/mol. The summed E-state index contributed by atoms with van der Waals surface area (Å²) in [6.45, 7) is 3.25. The Morgan fingerprint density at radius 2 is 1.83 bits per heavy atom. The van der Waals surface area contributed by atoms with Gasteiger partial charge < -0.3 is 9.64 Å². The highest BCUT2D eigenvalue weighted by atomic mass is 35.5. The molecule has 0 bridgehead atoms. The molecule has 0 aliphatic rings. The third-order valence-electron chi connectivity index (χ3n) is 5.28. The third-order valence-corrected chi connectivity index (χ3v) is 6.36. The molecular formula is C24H20ClFN6O3S. The van der Waals surface area contributed by atoms with Gasteiger partial charge in [-0.3, -0.25) is 24.9 Å². The topological polar surface area (TPSA) is 110 Å². The molecule has 12 heteroatoms. The van der Waals surface area contributed by atoms with Crippen LogP contribution < -0.4 is 15.0 Å². The Morgan fingerprint density at radius 3 is 2.53 bits per heavy atom. The summed E-state index contributed by atoms with van der Waals surface area (Å²) in [7, 11) is 2.98. The summed E-state index contributed by atoms with van der Waals surface area (Å²) < 4.78 is 20.4. The highest BCUT2D eigenvalue weighted by molar-refractivity contribution is 7.17. The number of rotatable bonds is 6. The Kier molecular flexibility index (Phi) is 7.22. The molecule has 0 spiro atoms. The van der Waals surface area contributed by atoms with E-state index in [9.17, 15) is 9.59 Å². The van der Waals surface area contributed by atoms with Gasteiger partial charge >= 0.3 is 0 Å². The molecule has 9 nitrogen and oxygen atoms in total. The summed E-state index contributed by atoms with van der Waals surface area (Å²) >= 11 is 6.82. The maximum Gasteiger partial charge on any atom is 0.289 e. The zero-order chi connectivity index (χ0) is 26.0. The molecule has 1 N–H and O–H groups in total. The van der Waals surface area contributed by atoms with Crippen molar-refractivity contribution in [3.63, 3.8) is 0 Å². The van der Waals surface area contributed by atoms with E-state index in [1.165, 1.54) is 31.3 Å².